The predicted molar refractivity (Wildman–Crippen MR) is 245 cm³/mol. The summed E-state index contributed by atoms with van der Waals surface area (Å²) in [6, 6.07) is 19.8. The summed E-state index contributed by atoms with van der Waals surface area (Å²) < 4.78 is 0. The van der Waals surface area contributed by atoms with Crippen LogP contribution in [0.2, 0.25) is 0 Å². The van der Waals surface area contributed by atoms with Gasteiger partial charge in [-0.2, -0.15) is 0 Å². The molecule has 56 heavy (non-hydrogen) atoms. The summed E-state index contributed by atoms with van der Waals surface area (Å²) in [5, 5.41) is 3.54. The smallest absolute Gasteiger partial charge is 0.137 e. The molecule has 8 rings (SSSR count). The van der Waals surface area contributed by atoms with Gasteiger partial charge in [0.2, 0.25) is 0 Å². The average Bonchev–Trinajstić information content (AvgIpc) is 3.89. The van der Waals surface area contributed by atoms with E-state index in [0.717, 1.165) is 38.5 Å². The molecule has 8 aromatic heterocycles. The first kappa shape index (κ1) is 48.8. The maximum atomic E-state index is 4.11. The number of rotatable bonds is 0. The SMILES string of the molecule is CC(C)(C)C.CC(C)(C)C.CC(C)(C)C.CC(C)(C)C.c1cc2[nH]ccc2cn1.c1cc2cc[nH]c2cn1.c1cnc2[nH]ccc2c1.c1cnc2cc[nH]c2c1. The highest BCUT2D eigenvalue weighted by Crippen LogP contribution is 2.11. The van der Waals surface area contributed by atoms with Gasteiger partial charge in [0.05, 0.1) is 22.7 Å². The first-order chi connectivity index (χ1) is 25.9. The summed E-state index contributed by atoms with van der Waals surface area (Å²) in [5.41, 5.74) is 7.31. The maximum Gasteiger partial charge on any atom is 0.137 e. The zero-order valence-electron chi connectivity index (χ0n) is 37.3. The van der Waals surface area contributed by atoms with E-state index < -0.39 is 0 Å². The molecule has 0 amide bonds. The van der Waals surface area contributed by atoms with Crippen molar-refractivity contribution in [2.45, 2.75) is 111 Å². The lowest BCUT2D eigenvalue weighted by Gasteiger charge is -2.05. The predicted octanol–water partition coefficient (Wildman–Crippen LogP) is 14.5. The van der Waals surface area contributed by atoms with Crippen LogP contribution in [-0.4, -0.2) is 39.9 Å². The van der Waals surface area contributed by atoms with Gasteiger partial charge in [0.1, 0.15) is 5.65 Å². The maximum absolute atomic E-state index is 4.11. The number of pyridine rings is 4. The second kappa shape index (κ2) is 23.6. The first-order valence-corrected chi connectivity index (χ1v) is 19.4. The number of H-pyrrole nitrogens is 4. The summed E-state index contributed by atoms with van der Waals surface area (Å²) >= 11 is 0. The third-order valence-electron chi connectivity index (χ3n) is 5.35. The second-order valence-electron chi connectivity index (χ2n) is 19.7. The largest absolute Gasteiger partial charge is 0.361 e. The summed E-state index contributed by atoms with van der Waals surface area (Å²) in [4.78, 5) is 28.3. The fraction of sp³-hybridized carbons (Fsp3) is 0.417. The number of aromatic nitrogens is 8. The molecule has 0 bridgehead atoms. The van der Waals surface area contributed by atoms with Crippen molar-refractivity contribution < 1.29 is 0 Å². The van der Waals surface area contributed by atoms with Crippen molar-refractivity contribution >= 4 is 43.9 Å². The molecule has 304 valence electrons. The Morgan fingerprint density at radius 1 is 0.357 bits per heavy atom. The molecule has 8 heteroatoms. The molecule has 0 unspecified atom stereocenters. The molecule has 0 radical (unpaired) electrons. The summed E-state index contributed by atoms with van der Waals surface area (Å²) in [6.45, 7) is 35.0. The van der Waals surface area contributed by atoms with Gasteiger partial charge in [0, 0.05) is 77.4 Å². The van der Waals surface area contributed by atoms with Crippen LogP contribution in [0.3, 0.4) is 0 Å². The molecule has 0 spiro atoms. The van der Waals surface area contributed by atoms with Gasteiger partial charge in [-0.1, -0.05) is 111 Å². The highest BCUT2D eigenvalue weighted by molar-refractivity contribution is 5.78. The lowest BCUT2D eigenvalue weighted by atomic mass is 10.0. The monoisotopic (exact) mass is 761 g/mol. The minimum Gasteiger partial charge on any atom is -0.361 e. The van der Waals surface area contributed by atoms with Crippen molar-refractivity contribution in [3.63, 3.8) is 0 Å². The van der Waals surface area contributed by atoms with Crippen molar-refractivity contribution in [2.24, 2.45) is 21.7 Å². The van der Waals surface area contributed by atoms with E-state index in [1.165, 1.54) is 5.39 Å². The lowest BCUT2D eigenvalue weighted by molar-refractivity contribution is 0.469. The van der Waals surface area contributed by atoms with Crippen LogP contribution >= 0.6 is 0 Å². The topological polar surface area (TPSA) is 115 Å². The number of nitrogens with one attached hydrogen (secondary N) is 4. The molecule has 0 atom stereocenters. The zero-order valence-corrected chi connectivity index (χ0v) is 37.3. The average molecular weight is 761 g/mol. The Morgan fingerprint density at radius 2 is 0.804 bits per heavy atom. The summed E-state index contributed by atoms with van der Waals surface area (Å²) in [6.07, 6.45) is 18.4. The van der Waals surface area contributed by atoms with Crippen LogP contribution in [0.4, 0.5) is 0 Å². The number of nitrogens with zero attached hydrogens (tertiary/aromatic N) is 4. The van der Waals surface area contributed by atoms with Gasteiger partial charge >= 0.3 is 0 Å². The number of aromatic amines is 4. The van der Waals surface area contributed by atoms with Crippen LogP contribution in [0.1, 0.15) is 111 Å². The molecule has 0 saturated carbocycles. The van der Waals surface area contributed by atoms with E-state index >= 15 is 0 Å². The molecule has 8 heterocycles. The molecular weight excluding hydrogens is 689 g/mol. The van der Waals surface area contributed by atoms with Crippen molar-refractivity contribution in [2.75, 3.05) is 0 Å². The molecule has 0 aliphatic heterocycles. The van der Waals surface area contributed by atoms with Crippen LogP contribution in [0.15, 0.2) is 123 Å². The molecule has 8 aromatic rings. The van der Waals surface area contributed by atoms with Gasteiger partial charge < -0.3 is 19.9 Å². The van der Waals surface area contributed by atoms with E-state index in [0.29, 0.717) is 21.7 Å². The second-order valence-corrected chi connectivity index (χ2v) is 19.7. The molecule has 0 saturated heterocycles. The molecule has 4 N–H and O–H groups in total. The Bertz CT molecular complexity index is 1700. The highest BCUT2D eigenvalue weighted by atomic mass is 14.8. The van der Waals surface area contributed by atoms with Gasteiger partial charge in [0.15, 0.2) is 0 Å². The Balaban J connectivity index is 0.000000326. The van der Waals surface area contributed by atoms with Crippen LogP contribution in [-0.2, 0) is 0 Å². The Hall–Kier alpha value is -5.24. The number of hydrogen-bond donors (Lipinski definition) is 4. The van der Waals surface area contributed by atoms with Crippen LogP contribution < -0.4 is 0 Å². The van der Waals surface area contributed by atoms with Crippen LogP contribution in [0, 0.1) is 21.7 Å². The fourth-order valence-corrected chi connectivity index (χ4v) is 3.55. The lowest BCUT2D eigenvalue weighted by Crippen LogP contribution is -1.93. The van der Waals surface area contributed by atoms with Crippen molar-refractivity contribution in [3.05, 3.63) is 123 Å². The zero-order chi connectivity index (χ0) is 42.4. The summed E-state index contributed by atoms with van der Waals surface area (Å²) in [5.74, 6) is 0. The van der Waals surface area contributed by atoms with Gasteiger partial charge in [0.25, 0.3) is 0 Å². The third kappa shape index (κ3) is 28.2. The van der Waals surface area contributed by atoms with E-state index in [1.807, 2.05) is 97.8 Å². The number of fused-ring (bicyclic) bond motifs is 4. The quantitative estimate of drug-likeness (QED) is 0.123. The Morgan fingerprint density at radius 3 is 1.36 bits per heavy atom. The standard InChI is InChI=1S/4C7H6N2.4C5H12/c1-4-9-7-2-3-8-5-6(1)7;1-3-8-5-7-6(1)2-4-9-7;1-2-6-7(8-4-1)3-5-9-6;1-2-6-3-5-9-7(6)8-4-1;4*1-5(2,3)4/h3*1-5,9H;1-5H,(H,8,9);4*1-4H3. The van der Waals surface area contributed by atoms with E-state index in [2.05, 4.69) is 151 Å². The van der Waals surface area contributed by atoms with E-state index in [9.17, 15) is 0 Å². The van der Waals surface area contributed by atoms with E-state index in [-0.39, 0.29) is 0 Å². The van der Waals surface area contributed by atoms with Gasteiger partial charge in [-0.3, -0.25) is 15.0 Å². The molecule has 8 nitrogen and oxygen atoms in total. The Labute approximate surface area is 337 Å². The fourth-order valence-electron chi connectivity index (χ4n) is 3.55. The van der Waals surface area contributed by atoms with Gasteiger partial charge in [-0.25, -0.2) is 4.98 Å². The van der Waals surface area contributed by atoms with E-state index in [1.54, 1.807) is 24.8 Å². The van der Waals surface area contributed by atoms with E-state index in [4.69, 9.17) is 0 Å². The van der Waals surface area contributed by atoms with Gasteiger partial charge in [-0.05, 0) is 82.3 Å². The molecule has 0 aliphatic carbocycles. The van der Waals surface area contributed by atoms with Crippen molar-refractivity contribution in [1.82, 2.24) is 39.9 Å². The number of hydrogen-bond acceptors (Lipinski definition) is 4. The van der Waals surface area contributed by atoms with Crippen molar-refractivity contribution in [1.29, 1.82) is 0 Å². The van der Waals surface area contributed by atoms with Gasteiger partial charge in [-0.15, -0.1) is 0 Å². The molecule has 0 aromatic carbocycles. The highest BCUT2D eigenvalue weighted by Gasteiger charge is 1.97. The molecule has 0 aliphatic rings. The van der Waals surface area contributed by atoms with Crippen LogP contribution in [0.5, 0.6) is 0 Å². The summed E-state index contributed by atoms with van der Waals surface area (Å²) in [7, 11) is 0. The Kier molecular flexibility index (Phi) is 20.6. The first-order valence-electron chi connectivity index (χ1n) is 19.4. The van der Waals surface area contributed by atoms with Crippen molar-refractivity contribution in [3.8, 4) is 0 Å². The minimum absolute atomic E-state index is 0.500. The molecule has 0 fully saturated rings. The van der Waals surface area contributed by atoms with Crippen LogP contribution in [0.25, 0.3) is 43.9 Å². The third-order valence-corrected chi connectivity index (χ3v) is 5.35. The molecular formula is C48H72N8. The normalized spacial score (nSPS) is 10.9. The minimum atomic E-state index is 0.500.